The van der Waals surface area contributed by atoms with E-state index in [1.165, 1.54) is 5.56 Å². The van der Waals surface area contributed by atoms with Crippen LogP contribution in [0.1, 0.15) is 25.3 Å². The second kappa shape index (κ2) is 6.33. The number of fused-ring (bicyclic) bond motifs is 1. The van der Waals surface area contributed by atoms with Gasteiger partial charge in [0.25, 0.3) is 0 Å². The molecule has 1 aromatic rings. The molecule has 3 rings (SSSR count). The molecule has 2 atom stereocenters. The molecule has 1 aromatic carbocycles. The van der Waals surface area contributed by atoms with Crippen LogP contribution < -0.4 is 10.2 Å². The van der Waals surface area contributed by atoms with E-state index in [9.17, 15) is 4.79 Å². The number of amides is 1. The van der Waals surface area contributed by atoms with Gasteiger partial charge < -0.3 is 10.2 Å². The highest BCUT2D eigenvalue weighted by atomic mass is 35.5. The molecule has 0 radical (unpaired) electrons. The number of benzene rings is 1. The molecule has 1 fully saturated rings. The highest BCUT2D eigenvalue weighted by molar-refractivity contribution is 6.31. The van der Waals surface area contributed by atoms with Crippen LogP contribution in [0.5, 0.6) is 0 Å². The van der Waals surface area contributed by atoms with Gasteiger partial charge in [-0.2, -0.15) is 0 Å². The lowest BCUT2D eigenvalue weighted by atomic mass is 9.92. The third-order valence-electron chi connectivity index (χ3n) is 4.18. The van der Waals surface area contributed by atoms with Gasteiger partial charge in [-0.3, -0.25) is 4.79 Å². The minimum absolute atomic E-state index is 0. The highest BCUT2D eigenvalue weighted by Gasteiger charge is 2.32. The van der Waals surface area contributed by atoms with Crippen molar-refractivity contribution in [3.8, 4) is 0 Å². The van der Waals surface area contributed by atoms with Gasteiger partial charge in [-0.25, -0.2) is 0 Å². The first-order valence-electron chi connectivity index (χ1n) is 6.98. The average molecular weight is 315 g/mol. The van der Waals surface area contributed by atoms with Crippen LogP contribution in [-0.2, 0) is 11.2 Å². The summed E-state index contributed by atoms with van der Waals surface area (Å²) in [7, 11) is 0. The number of carbonyl (C=O) groups is 1. The lowest BCUT2D eigenvalue weighted by Crippen LogP contribution is -2.43. The van der Waals surface area contributed by atoms with Gasteiger partial charge in [0.2, 0.25) is 5.91 Å². The molecule has 0 unspecified atom stereocenters. The van der Waals surface area contributed by atoms with E-state index < -0.39 is 0 Å². The minimum atomic E-state index is 0. The number of hydrogen-bond donors (Lipinski definition) is 1. The van der Waals surface area contributed by atoms with E-state index in [0.29, 0.717) is 11.1 Å². The number of hydrogen-bond acceptors (Lipinski definition) is 2. The summed E-state index contributed by atoms with van der Waals surface area (Å²) in [6.45, 7) is 3.88. The number of halogens is 2. The van der Waals surface area contributed by atoms with Gasteiger partial charge in [0, 0.05) is 29.2 Å². The summed E-state index contributed by atoms with van der Waals surface area (Å²) in [5.41, 5.74) is 2.25. The maximum atomic E-state index is 12.7. The molecule has 0 aromatic heterocycles. The standard InChI is InChI=1S/C15H19ClN2O.ClH/c1-10-8-12(4-6-17-10)15(19)18-7-5-11-2-3-13(16)9-14(11)18;/h2-3,9-10,12,17H,4-8H2,1H3;1H/t10-,12-;/m0./s1. The number of anilines is 1. The van der Waals surface area contributed by atoms with Gasteiger partial charge in [-0.1, -0.05) is 17.7 Å². The highest BCUT2D eigenvalue weighted by Crippen LogP contribution is 2.33. The topological polar surface area (TPSA) is 32.3 Å². The van der Waals surface area contributed by atoms with E-state index >= 15 is 0 Å². The van der Waals surface area contributed by atoms with Crippen LogP contribution in [0, 0.1) is 5.92 Å². The van der Waals surface area contributed by atoms with Crippen LogP contribution in [0.2, 0.25) is 5.02 Å². The van der Waals surface area contributed by atoms with Crippen molar-refractivity contribution >= 4 is 35.6 Å². The van der Waals surface area contributed by atoms with Crippen molar-refractivity contribution in [3.63, 3.8) is 0 Å². The molecule has 0 spiro atoms. The van der Waals surface area contributed by atoms with Crippen LogP contribution in [0.4, 0.5) is 5.69 Å². The normalized spacial score (nSPS) is 25.0. The lowest BCUT2D eigenvalue weighted by Gasteiger charge is -2.30. The van der Waals surface area contributed by atoms with Gasteiger partial charge in [0.15, 0.2) is 0 Å². The number of piperidine rings is 1. The molecule has 1 saturated heterocycles. The fourth-order valence-electron chi connectivity index (χ4n) is 3.16. The molecule has 1 N–H and O–H groups in total. The van der Waals surface area contributed by atoms with Gasteiger partial charge in [0.05, 0.1) is 0 Å². The second-order valence-corrected chi connectivity index (χ2v) is 6.03. The van der Waals surface area contributed by atoms with Crippen molar-refractivity contribution in [3.05, 3.63) is 28.8 Å². The van der Waals surface area contributed by atoms with E-state index in [2.05, 4.69) is 12.2 Å². The number of rotatable bonds is 1. The van der Waals surface area contributed by atoms with Crippen molar-refractivity contribution in [2.24, 2.45) is 5.92 Å². The fraction of sp³-hybridized carbons (Fsp3) is 0.533. The van der Waals surface area contributed by atoms with E-state index in [4.69, 9.17) is 11.6 Å². The Hall–Kier alpha value is -0.770. The zero-order valence-corrected chi connectivity index (χ0v) is 13.1. The third kappa shape index (κ3) is 2.95. The first kappa shape index (κ1) is 15.6. The number of nitrogens with zero attached hydrogens (tertiary/aromatic N) is 1. The molecule has 2 heterocycles. The fourth-order valence-corrected chi connectivity index (χ4v) is 3.32. The Kier molecular flexibility index (Phi) is 4.95. The maximum Gasteiger partial charge on any atom is 0.230 e. The first-order valence-corrected chi connectivity index (χ1v) is 7.36. The summed E-state index contributed by atoms with van der Waals surface area (Å²) in [6, 6.07) is 6.30. The number of carbonyl (C=O) groups excluding carboxylic acids is 1. The van der Waals surface area contributed by atoms with Crippen molar-refractivity contribution in [1.29, 1.82) is 0 Å². The van der Waals surface area contributed by atoms with Gasteiger partial charge in [0.1, 0.15) is 0 Å². The molecular formula is C15H20Cl2N2O. The average Bonchev–Trinajstić information content (AvgIpc) is 2.80. The summed E-state index contributed by atoms with van der Waals surface area (Å²) in [6.07, 6.45) is 2.82. The Morgan fingerprint density at radius 1 is 1.45 bits per heavy atom. The minimum Gasteiger partial charge on any atom is -0.314 e. The monoisotopic (exact) mass is 314 g/mol. The molecule has 0 bridgehead atoms. The van der Waals surface area contributed by atoms with E-state index in [1.54, 1.807) is 0 Å². The molecule has 1 amide bonds. The Bertz CT molecular complexity index is 507. The van der Waals surface area contributed by atoms with Crippen molar-refractivity contribution in [1.82, 2.24) is 5.32 Å². The van der Waals surface area contributed by atoms with Crippen molar-refractivity contribution in [2.75, 3.05) is 18.0 Å². The van der Waals surface area contributed by atoms with Crippen LogP contribution >= 0.6 is 24.0 Å². The van der Waals surface area contributed by atoms with E-state index in [1.807, 2.05) is 23.1 Å². The zero-order valence-electron chi connectivity index (χ0n) is 11.6. The molecule has 0 saturated carbocycles. The SMILES string of the molecule is C[C@H]1C[C@@H](C(=O)N2CCc3ccc(Cl)cc32)CCN1.Cl. The summed E-state index contributed by atoms with van der Waals surface area (Å²) in [4.78, 5) is 14.6. The van der Waals surface area contributed by atoms with Crippen LogP contribution in [-0.4, -0.2) is 25.0 Å². The zero-order chi connectivity index (χ0) is 13.4. The summed E-state index contributed by atoms with van der Waals surface area (Å²) in [5.74, 6) is 0.426. The molecule has 110 valence electrons. The van der Waals surface area contributed by atoms with Crippen LogP contribution in [0.15, 0.2) is 18.2 Å². The molecule has 2 aliphatic heterocycles. The molecule has 2 aliphatic rings. The van der Waals surface area contributed by atoms with E-state index in [-0.39, 0.29) is 24.2 Å². The predicted molar refractivity (Wildman–Crippen MR) is 84.9 cm³/mol. The van der Waals surface area contributed by atoms with Crippen molar-refractivity contribution < 1.29 is 4.79 Å². The van der Waals surface area contributed by atoms with Gasteiger partial charge >= 0.3 is 0 Å². The quantitative estimate of drug-likeness (QED) is 0.864. The Balaban J connectivity index is 0.00000147. The number of nitrogens with one attached hydrogen (secondary N) is 1. The summed E-state index contributed by atoms with van der Waals surface area (Å²) in [5, 5.41) is 4.10. The van der Waals surface area contributed by atoms with Gasteiger partial charge in [-0.15, -0.1) is 12.4 Å². The van der Waals surface area contributed by atoms with E-state index in [0.717, 1.165) is 38.0 Å². The smallest absolute Gasteiger partial charge is 0.230 e. The Morgan fingerprint density at radius 3 is 3.00 bits per heavy atom. The van der Waals surface area contributed by atoms with Gasteiger partial charge in [-0.05, 0) is 50.4 Å². The Morgan fingerprint density at radius 2 is 2.25 bits per heavy atom. The largest absolute Gasteiger partial charge is 0.314 e. The lowest BCUT2D eigenvalue weighted by molar-refractivity contribution is -0.123. The molecule has 3 nitrogen and oxygen atoms in total. The molecule has 20 heavy (non-hydrogen) atoms. The van der Waals surface area contributed by atoms with Crippen LogP contribution in [0.3, 0.4) is 0 Å². The Labute approximate surface area is 131 Å². The maximum absolute atomic E-state index is 12.7. The summed E-state index contributed by atoms with van der Waals surface area (Å²) < 4.78 is 0. The summed E-state index contributed by atoms with van der Waals surface area (Å²) >= 11 is 6.05. The second-order valence-electron chi connectivity index (χ2n) is 5.59. The first-order chi connectivity index (χ1) is 9.15. The molecule has 5 heteroatoms. The molecule has 0 aliphatic carbocycles. The van der Waals surface area contributed by atoms with Crippen molar-refractivity contribution in [2.45, 2.75) is 32.2 Å². The van der Waals surface area contributed by atoms with Crippen LogP contribution in [0.25, 0.3) is 0 Å². The third-order valence-corrected chi connectivity index (χ3v) is 4.42. The molecular weight excluding hydrogens is 295 g/mol. The predicted octanol–water partition coefficient (Wildman–Crippen LogP) is 3.04.